The van der Waals surface area contributed by atoms with Gasteiger partial charge in [-0.2, -0.15) is 0 Å². The lowest BCUT2D eigenvalue weighted by Gasteiger charge is -2.22. The fourth-order valence-electron chi connectivity index (χ4n) is 1.35. The molecule has 2 unspecified atom stereocenters. The molecule has 3 N–H and O–H groups in total. The first kappa shape index (κ1) is 13.0. The minimum atomic E-state index is -0.442. The molecule has 1 aromatic carbocycles. The second-order valence-electron chi connectivity index (χ2n) is 3.77. The number of rotatable bonds is 6. The number of nitrogens with two attached hydrogens (primary N) is 1. The summed E-state index contributed by atoms with van der Waals surface area (Å²) in [5, 5.41) is 9.18. The van der Waals surface area contributed by atoms with E-state index in [0.29, 0.717) is 12.4 Å². The van der Waals surface area contributed by atoms with E-state index in [1.807, 2.05) is 31.2 Å². The van der Waals surface area contributed by atoms with Gasteiger partial charge in [-0.25, -0.2) is 0 Å². The molecule has 16 heavy (non-hydrogen) atoms. The van der Waals surface area contributed by atoms with Crippen molar-refractivity contribution < 1.29 is 14.6 Å². The molecule has 2 atom stereocenters. The van der Waals surface area contributed by atoms with Crippen LogP contribution in [0.2, 0.25) is 0 Å². The SMILES string of the molecule is COCC(N)C(CO)Oc1ccc(C)cc1. The number of benzene rings is 1. The summed E-state index contributed by atoms with van der Waals surface area (Å²) in [6.45, 7) is 2.24. The van der Waals surface area contributed by atoms with Crippen LogP contribution in [0.1, 0.15) is 5.56 Å². The van der Waals surface area contributed by atoms with Crippen molar-refractivity contribution in [3.05, 3.63) is 29.8 Å². The maximum atomic E-state index is 9.18. The molecule has 0 aromatic heterocycles. The minimum absolute atomic E-state index is 0.127. The van der Waals surface area contributed by atoms with Crippen molar-refractivity contribution in [2.45, 2.75) is 19.1 Å². The lowest BCUT2D eigenvalue weighted by atomic mass is 10.2. The highest BCUT2D eigenvalue weighted by atomic mass is 16.5. The van der Waals surface area contributed by atoms with Gasteiger partial charge in [0.25, 0.3) is 0 Å². The fourth-order valence-corrected chi connectivity index (χ4v) is 1.35. The molecule has 1 rings (SSSR count). The van der Waals surface area contributed by atoms with Gasteiger partial charge in [-0.05, 0) is 19.1 Å². The van der Waals surface area contributed by atoms with Crippen LogP contribution in [0.4, 0.5) is 0 Å². The largest absolute Gasteiger partial charge is 0.486 e. The van der Waals surface area contributed by atoms with E-state index in [9.17, 15) is 5.11 Å². The van der Waals surface area contributed by atoms with Crippen LogP contribution in [-0.4, -0.2) is 37.6 Å². The highest BCUT2D eigenvalue weighted by Crippen LogP contribution is 2.14. The molecule has 0 saturated heterocycles. The van der Waals surface area contributed by atoms with Gasteiger partial charge in [0.15, 0.2) is 0 Å². The van der Waals surface area contributed by atoms with E-state index < -0.39 is 6.10 Å². The van der Waals surface area contributed by atoms with Crippen LogP contribution in [0.3, 0.4) is 0 Å². The van der Waals surface area contributed by atoms with E-state index in [4.69, 9.17) is 15.2 Å². The molecular formula is C12H19NO3. The maximum absolute atomic E-state index is 9.18. The van der Waals surface area contributed by atoms with Crippen LogP contribution >= 0.6 is 0 Å². The van der Waals surface area contributed by atoms with Gasteiger partial charge in [0.2, 0.25) is 0 Å². The average molecular weight is 225 g/mol. The molecule has 90 valence electrons. The Morgan fingerprint density at radius 3 is 2.44 bits per heavy atom. The molecule has 0 aliphatic rings. The zero-order chi connectivity index (χ0) is 12.0. The van der Waals surface area contributed by atoms with E-state index in [0.717, 1.165) is 5.56 Å². The second kappa shape index (κ2) is 6.48. The highest BCUT2D eigenvalue weighted by molar-refractivity contribution is 5.26. The van der Waals surface area contributed by atoms with Crippen molar-refractivity contribution in [1.29, 1.82) is 0 Å². The topological polar surface area (TPSA) is 64.7 Å². The van der Waals surface area contributed by atoms with E-state index >= 15 is 0 Å². The van der Waals surface area contributed by atoms with Gasteiger partial charge in [0, 0.05) is 7.11 Å². The van der Waals surface area contributed by atoms with Gasteiger partial charge >= 0.3 is 0 Å². The molecule has 0 spiro atoms. The summed E-state index contributed by atoms with van der Waals surface area (Å²) >= 11 is 0. The van der Waals surface area contributed by atoms with Crippen molar-refractivity contribution in [1.82, 2.24) is 0 Å². The van der Waals surface area contributed by atoms with E-state index in [2.05, 4.69) is 0 Å². The van der Waals surface area contributed by atoms with Crippen LogP contribution in [-0.2, 0) is 4.74 Å². The van der Waals surface area contributed by atoms with Gasteiger partial charge in [0.05, 0.1) is 19.3 Å². The maximum Gasteiger partial charge on any atom is 0.139 e. The molecule has 0 aliphatic carbocycles. The Morgan fingerprint density at radius 1 is 1.31 bits per heavy atom. The third kappa shape index (κ3) is 3.81. The first-order valence-corrected chi connectivity index (χ1v) is 5.26. The quantitative estimate of drug-likeness (QED) is 0.748. The van der Waals surface area contributed by atoms with Gasteiger partial charge in [-0.3, -0.25) is 0 Å². The number of hydrogen-bond donors (Lipinski definition) is 2. The van der Waals surface area contributed by atoms with E-state index in [1.54, 1.807) is 7.11 Å². The Morgan fingerprint density at radius 2 is 1.94 bits per heavy atom. The summed E-state index contributed by atoms with van der Waals surface area (Å²) in [5.74, 6) is 0.705. The third-order valence-electron chi connectivity index (χ3n) is 2.33. The highest BCUT2D eigenvalue weighted by Gasteiger charge is 2.18. The molecule has 0 aliphatic heterocycles. The summed E-state index contributed by atoms with van der Waals surface area (Å²) < 4.78 is 10.5. The summed E-state index contributed by atoms with van der Waals surface area (Å²) in [7, 11) is 1.57. The Kier molecular flexibility index (Phi) is 5.25. The number of aliphatic hydroxyl groups excluding tert-OH is 1. The standard InChI is InChI=1S/C12H19NO3/c1-9-3-5-10(6-4-9)16-12(7-14)11(13)8-15-2/h3-6,11-12,14H,7-8,13H2,1-2H3. The van der Waals surface area contributed by atoms with Crippen LogP contribution in [0.5, 0.6) is 5.75 Å². The zero-order valence-electron chi connectivity index (χ0n) is 9.72. The zero-order valence-corrected chi connectivity index (χ0v) is 9.72. The molecule has 0 amide bonds. The molecule has 1 aromatic rings. The summed E-state index contributed by atoms with van der Waals surface area (Å²) in [4.78, 5) is 0. The van der Waals surface area contributed by atoms with Gasteiger partial charge in [-0.1, -0.05) is 17.7 Å². The first-order valence-electron chi connectivity index (χ1n) is 5.26. The van der Waals surface area contributed by atoms with Crippen molar-refractivity contribution in [3.63, 3.8) is 0 Å². The van der Waals surface area contributed by atoms with Crippen LogP contribution in [0.15, 0.2) is 24.3 Å². The number of aliphatic hydroxyl groups is 1. The molecule has 0 radical (unpaired) electrons. The van der Waals surface area contributed by atoms with E-state index in [-0.39, 0.29) is 12.6 Å². The monoisotopic (exact) mass is 225 g/mol. The van der Waals surface area contributed by atoms with Crippen LogP contribution in [0.25, 0.3) is 0 Å². The predicted octanol–water partition coefficient (Wildman–Crippen LogP) is 0.708. The average Bonchev–Trinajstić information content (AvgIpc) is 2.28. The molecule has 4 nitrogen and oxygen atoms in total. The van der Waals surface area contributed by atoms with Crippen molar-refractivity contribution in [2.24, 2.45) is 5.73 Å². The van der Waals surface area contributed by atoms with Gasteiger partial charge in [0.1, 0.15) is 11.9 Å². The van der Waals surface area contributed by atoms with Crippen LogP contribution in [0, 0.1) is 6.92 Å². The van der Waals surface area contributed by atoms with E-state index in [1.165, 1.54) is 0 Å². The van der Waals surface area contributed by atoms with Gasteiger partial charge < -0.3 is 20.3 Å². The number of methoxy groups -OCH3 is 1. The Bertz CT molecular complexity index is 300. The molecule has 0 bridgehead atoms. The van der Waals surface area contributed by atoms with Crippen molar-refractivity contribution >= 4 is 0 Å². The number of ether oxygens (including phenoxy) is 2. The molecule has 4 heteroatoms. The summed E-state index contributed by atoms with van der Waals surface area (Å²) in [6.07, 6.45) is -0.442. The number of aryl methyl sites for hydroxylation is 1. The second-order valence-corrected chi connectivity index (χ2v) is 3.77. The summed E-state index contributed by atoms with van der Waals surface area (Å²) in [5.41, 5.74) is 6.97. The first-order chi connectivity index (χ1) is 7.67. The smallest absolute Gasteiger partial charge is 0.139 e. The minimum Gasteiger partial charge on any atom is -0.486 e. The van der Waals surface area contributed by atoms with Crippen LogP contribution < -0.4 is 10.5 Å². The lowest BCUT2D eigenvalue weighted by molar-refractivity contribution is 0.0605. The summed E-state index contributed by atoms with van der Waals surface area (Å²) in [6, 6.07) is 7.28. The molecule has 0 fully saturated rings. The Balaban J connectivity index is 2.59. The third-order valence-corrected chi connectivity index (χ3v) is 2.33. The van der Waals surface area contributed by atoms with Crippen molar-refractivity contribution in [2.75, 3.05) is 20.3 Å². The molecule has 0 saturated carbocycles. The number of hydrogen-bond acceptors (Lipinski definition) is 4. The Labute approximate surface area is 96.0 Å². The molecular weight excluding hydrogens is 206 g/mol. The lowest BCUT2D eigenvalue weighted by Crippen LogP contribution is -2.44. The van der Waals surface area contributed by atoms with Crippen molar-refractivity contribution in [3.8, 4) is 5.75 Å². The molecule has 0 heterocycles. The van der Waals surface area contributed by atoms with Gasteiger partial charge in [-0.15, -0.1) is 0 Å². The fraction of sp³-hybridized carbons (Fsp3) is 0.500. The normalized spacial score (nSPS) is 14.5. The predicted molar refractivity (Wildman–Crippen MR) is 62.5 cm³/mol. The Hall–Kier alpha value is -1.10.